The van der Waals surface area contributed by atoms with Crippen LogP contribution in [0.15, 0.2) is 47.6 Å². The Kier molecular flexibility index (Phi) is 7.69. The Morgan fingerprint density at radius 2 is 2.08 bits per heavy atom. The average molecular weight is 536 g/mol. The van der Waals surface area contributed by atoms with Gasteiger partial charge in [0.15, 0.2) is 0 Å². The van der Waals surface area contributed by atoms with Crippen molar-refractivity contribution in [3.05, 3.63) is 70.3 Å². The van der Waals surface area contributed by atoms with Crippen LogP contribution in [0.1, 0.15) is 22.4 Å². The van der Waals surface area contributed by atoms with Crippen LogP contribution in [-0.4, -0.2) is 58.3 Å². The van der Waals surface area contributed by atoms with Crippen molar-refractivity contribution in [3.63, 3.8) is 0 Å². The lowest BCUT2D eigenvalue weighted by Crippen LogP contribution is -2.50. The van der Waals surface area contributed by atoms with Gasteiger partial charge in [0.05, 0.1) is 37.5 Å². The van der Waals surface area contributed by atoms with Crippen molar-refractivity contribution < 1.29 is 22.7 Å². The Labute approximate surface area is 216 Å². The molecule has 37 heavy (non-hydrogen) atoms. The molecule has 0 spiro atoms. The number of aliphatic imine (C=N–C) groups is 1. The average Bonchev–Trinajstić information content (AvgIpc) is 3.28. The fraction of sp³-hybridized carbons (Fsp3) is 0.333. The summed E-state index contributed by atoms with van der Waals surface area (Å²) in [6.45, 7) is 8.70. The number of nitrogens with two attached hydrogens (primary N) is 1. The quantitative estimate of drug-likeness (QED) is 0.248. The number of fused-ring (bicyclic) bond motifs is 1. The van der Waals surface area contributed by atoms with Crippen LogP contribution in [0.3, 0.4) is 0 Å². The summed E-state index contributed by atoms with van der Waals surface area (Å²) in [6, 6.07) is 3.13. The van der Waals surface area contributed by atoms with E-state index in [0.717, 1.165) is 17.7 Å². The van der Waals surface area contributed by atoms with Crippen molar-refractivity contribution in [3.8, 4) is 0 Å². The first-order valence-electron chi connectivity index (χ1n) is 11.3. The van der Waals surface area contributed by atoms with Gasteiger partial charge in [-0.15, -0.1) is 0 Å². The highest BCUT2D eigenvalue weighted by molar-refractivity contribution is 6.28. The molecule has 1 aromatic heterocycles. The number of nitrogens with one attached hydrogen (secondary N) is 1. The zero-order valence-corrected chi connectivity index (χ0v) is 20.5. The SMILES string of the molecule is C=C/C(=C\N=C)C1CN(C(=O)N2Cc3nc(Cl)nc(NCc4cc(N)cc(C(F)(F)F)c4)c3C2)CCO1. The lowest BCUT2D eigenvalue weighted by atomic mass is 10.1. The maximum absolute atomic E-state index is 13.3. The van der Waals surface area contributed by atoms with Gasteiger partial charge >= 0.3 is 12.2 Å². The number of amides is 2. The minimum absolute atomic E-state index is 0.00325. The van der Waals surface area contributed by atoms with Crippen LogP contribution in [0.2, 0.25) is 5.28 Å². The summed E-state index contributed by atoms with van der Waals surface area (Å²) in [5.74, 6) is 0.343. The van der Waals surface area contributed by atoms with Gasteiger partial charge in [0.25, 0.3) is 0 Å². The smallest absolute Gasteiger partial charge is 0.399 e. The summed E-state index contributed by atoms with van der Waals surface area (Å²) in [5.41, 5.74) is 7.07. The van der Waals surface area contributed by atoms with Crippen LogP contribution in [-0.2, 0) is 30.5 Å². The van der Waals surface area contributed by atoms with Gasteiger partial charge in [-0.1, -0.05) is 12.7 Å². The molecule has 0 bridgehead atoms. The van der Waals surface area contributed by atoms with E-state index in [1.807, 2.05) is 0 Å². The number of alkyl halides is 3. The molecule has 2 aromatic rings. The van der Waals surface area contributed by atoms with Gasteiger partial charge in [0.1, 0.15) is 11.9 Å². The van der Waals surface area contributed by atoms with E-state index in [-0.39, 0.29) is 42.7 Å². The lowest BCUT2D eigenvalue weighted by Gasteiger charge is -2.35. The lowest BCUT2D eigenvalue weighted by molar-refractivity contribution is -0.137. The summed E-state index contributed by atoms with van der Waals surface area (Å²) < 4.78 is 45.3. The zero-order valence-electron chi connectivity index (χ0n) is 19.8. The predicted octanol–water partition coefficient (Wildman–Crippen LogP) is 4.25. The van der Waals surface area contributed by atoms with E-state index in [1.54, 1.807) is 22.1 Å². The molecule has 13 heteroatoms. The van der Waals surface area contributed by atoms with Crippen molar-refractivity contribution in [2.45, 2.75) is 31.9 Å². The minimum atomic E-state index is -4.52. The number of nitrogen functional groups attached to an aromatic ring is 1. The number of rotatable bonds is 6. The van der Waals surface area contributed by atoms with Gasteiger partial charge in [-0.25, -0.2) is 14.8 Å². The molecular formula is C24H25ClF3N7O2. The first-order valence-corrected chi connectivity index (χ1v) is 11.7. The first kappa shape index (κ1) is 26.4. The first-order chi connectivity index (χ1) is 17.6. The molecular weight excluding hydrogens is 511 g/mol. The van der Waals surface area contributed by atoms with Gasteiger partial charge in [-0.05, 0) is 42.1 Å². The Morgan fingerprint density at radius 3 is 2.78 bits per heavy atom. The van der Waals surface area contributed by atoms with Crippen LogP contribution in [0.5, 0.6) is 0 Å². The molecule has 1 atom stereocenters. The third kappa shape index (κ3) is 6.03. The molecule has 1 saturated heterocycles. The van der Waals surface area contributed by atoms with Crippen molar-refractivity contribution in [2.75, 3.05) is 30.7 Å². The monoisotopic (exact) mass is 535 g/mol. The summed E-state index contributed by atoms with van der Waals surface area (Å²) in [6.07, 6.45) is -1.73. The Bertz CT molecular complexity index is 1250. The van der Waals surface area contributed by atoms with Gasteiger partial charge < -0.3 is 25.6 Å². The zero-order chi connectivity index (χ0) is 26.7. The predicted molar refractivity (Wildman–Crippen MR) is 134 cm³/mol. The van der Waals surface area contributed by atoms with E-state index in [1.165, 1.54) is 6.07 Å². The maximum atomic E-state index is 13.3. The molecule has 2 amide bonds. The molecule has 0 aliphatic carbocycles. The van der Waals surface area contributed by atoms with E-state index in [9.17, 15) is 18.0 Å². The summed E-state index contributed by atoms with van der Waals surface area (Å²) in [7, 11) is 0. The third-order valence-corrected chi connectivity index (χ3v) is 6.18. The summed E-state index contributed by atoms with van der Waals surface area (Å²) in [4.78, 5) is 28.8. The Hall–Kier alpha value is -3.64. The normalized spacial score (nSPS) is 17.9. The Balaban J connectivity index is 1.48. The second-order valence-electron chi connectivity index (χ2n) is 8.54. The van der Waals surface area contributed by atoms with E-state index in [0.29, 0.717) is 42.3 Å². The maximum Gasteiger partial charge on any atom is 0.416 e. The van der Waals surface area contributed by atoms with Gasteiger partial charge in [0.2, 0.25) is 5.28 Å². The number of urea groups is 1. The van der Waals surface area contributed by atoms with Crippen LogP contribution in [0.25, 0.3) is 0 Å². The molecule has 0 saturated carbocycles. The van der Waals surface area contributed by atoms with E-state index in [4.69, 9.17) is 22.1 Å². The minimum Gasteiger partial charge on any atom is -0.399 e. The number of ether oxygens (including phenoxy) is 1. The number of hydrogen-bond donors (Lipinski definition) is 2. The highest BCUT2D eigenvalue weighted by Gasteiger charge is 2.34. The molecule has 2 aliphatic rings. The molecule has 3 heterocycles. The number of carbonyl (C=O) groups is 1. The van der Waals surface area contributed by atoms with E-state index < -0.39 is 11.7 Å². The topological polar surface area (TPSA) is 109 Å². The van der Waals surface area contributed by atoms with Crippen LogP contribution >= 0.6 is 11.6 Å². The van der Waals surface area contributed by atoms with Crippen molar-refractivity contribution in [2.24, 2.45) is 4.99 Å². The van der Waals surface area contributed by atoms with Crippen molar-refractivity contribution >= 4 is 35.9 Å². The van der Waals surface area contributed by atoms with E-state index >= 15 is 0 Å². The number of nitrogens with zero attached hydrogens (tertiary/aromatic N) is 5. The number of benzene rings is 1. The fourth-order valence-corrected chi connectivity index (χ4v) is 4.46. The van der Waals surface area contributed by atoms with E-state index in [2.05, 4.69) is 33.6 Å². The largest absolute Gasteiger partial charge is 0.416 e. The second kappa shape index (κ2) is 10.8. The van der Waals surface area contributed by atoms with Crippen molar-refractivity contribution in [1.29, 1.82) is 0 Å². The Morgan fingerprint density at radius 1 is 1.30 bits per heavy atom. The molecule has 2 aliphatic heterocycles. The molecule has 9 nitrogen and oxygen atoms in total. The number of carbonyl (C=O) groups excluding carboxylic acids is 1. The number of morpholine rings is 1. The van der Waals surface area contributed by atoms with Crippen LogP contribution in [0.4, 0.5) is 29.5 Å². The molecule has 1 unspecified atom stereocenters. The standard InChI is InChI=1S/C24H25ClF3N7O2/c1-3-15(10-30-2)20-13-34(4-5-37-20)23(36)35-11-18-19(12-35)32-22(25)33-21(18)31-9-14-6-16(24(26,27)28)8-17(29)7-14/h3,6-8,10,20H,1-2,4-5,9,11-13,29H2,(H,31,32,33)/b15-10+. The molecule has 3 N–H and O–H groups in total. The number of hydrogen-bond acceptors (Lipinski definition) is 7. The third-order valence-electron chi connectivity index (χ3n) is 6.01. The van der Waals surface area contributed by atoms with Crippen LogP contribution < -0.4 is 11.1 Å². The molecule has 4 rings (SSSR count). The molecule has 1 aromatic carbocycles. The second-order valence-corrected chi connectivity index (χ2v) is 8.88. The van der Waals surface area contributed by atoms with Crippen molar-refractivity contribution in [1.82, 2.24) is 19.8 Å². The molecule has 196 valence electrons. The number of aromatic nitrogens is 2. The van der Waals surface area contributed by atoms with Gasteiger partial charge in [0, 0.05) is 36.1 Å². The van der Waals surface area contributed by atoms with Crippen LogP contribution in [0, 0.1) is 0 Å². The highest BCUT2D eigenvalue weighted by atomic mass is 35.5. The molecule has 0 radical (unpaired) electrons. The molecule has 1 fully saturated rings. The summed E-state index contributed by atoms with van der Waals surface area (Å²) in [5, 5.41) is 2.99. The number of halogens is 4. The fourth-order valence-electron chi connectivity index (χ4n) is 4.27. The highest BCUT2D eigenvalue weighted by Crippen LogP contribution is 2.33. The number of anilines is 2. The van der Waals surface area contributed by atoms with Gasteiger partial charge in [-0.3, -0.25) is 4.99 Å². The summed E-state index contributed by atoms with van der Waals surface area (Å²) >= 11 is 6.11. The van der Waals surface area contributed by atoms with Gasteiger partial charge in [-0.2, -0.15) is 13.2 Å².